The molecule has 1 aliphatic heterocycles. The number of benzene rings is 1. The smallest absolute Gasteiger partial charge is 0.257 e. The lowest BCUT2D eigenvalue weighted by Gasteiger charge is -2.21. The molecule has 2 N–H and O–H groups in total. The van der Waals surface area contributed by atoms with Crippen LogP contribution in [0.2, 0.25) is 0 Å². The number of carbonyl (C=O) groups is 2. The van der Waals surface area contributed by atoms with Crippen molar-refractivity contribution < 1.29 is 14.7 Å². The summed E-state index contributed by atoms with van der Waals surface area (Å²) in [5.41, 5.74) is -0.461. The van der Waals surface area contributed by atoms with Gasteiger partial charge in [0.2, 0.25) is 0 Å². The van der Waals surface area contributed by atoms with E-state index in [4.69, 9.17) is 0 Å². The third-order valence-electron chi connectivity index (χ3n) is 2.74. The van der Waals surface area contributed by atoms with E-state index < -0.39 is 11.6 Å². The fraction of sp³-hybridized carbons (Fsp3) is 0.231. The van der Waals surface area contributed by atoms with E-state index >= 15 is 0 Å². The predicted molar refractivity (Wildman–Crippen MR) is 62.8 cm³/mol. The van der Waals surface area contributed by atoms with Gasteiger partial charge in [-0.05, 0) is 19.4 Å². The molecule has 4 nitrogen and oxygen atoms in total. The van der Waals surface area contributed by atoms with Gasteiger partial charge >= 0.3 is 0 Å². The molecule has 1 aromatic carbocycles. The zero-order valence-corrected chi connectivity index (χ0v) is 9.65. The van der Waals surface area contributed by atoms with Gasteiger partial charge < -0.3 is 10.4 Å². The third-order valence-corrected chi connectivity index (χ3v) is 2.74. The van der Waals surface area contributed by atoms with Gasteiger partial charge in [-0.1, -0.05) is 30.3 Å². The van der Waals surface area contributed by atoms with E-state index in [0.717, 1.165) is 0 Å². The summed E-state index contributed by atoms with van der Waals surface area (Å²) in [5.74, 6) is -0.875. The van der Waals surface area contributed by atoms with Crippen LogP contribution in [0.25, 0.3) is 5.57 Å². The second-order valence-corrected chi connectivity index (χ2v) is 4.20. The molecule has 0 radical (unpaired) electrons. The van der Waals surface area contributed by atoms with E-state index in [0.29, 0.717) is 11.1 Å². The fourth-order valence-corrected chi connectivity index (χ4v) is 2.07. The van der Waals surface area contributed by atoms with Gasteiger partial charge in [-0.3, -0.25) is 9.59 Å². The molecule has 1 aromatic rings. The van der Waals surface area contributed by atoms with Crippen molar-refractivity contribution in [1.29, 1.82) is 0 Å². The Hall–Kier alpha value is -1.94. The predicted octanol–water partition coefficient (Wildman–Crippen LogP) is 0.867. The Balaban J connectivity index is 2.68. The van der Waals surface area contributed by atoms with E-state index in [1.807, 2.05) is 6.07 Å². The average Bonchev–Trinajstić information content (AvgIpc) is 2.49. The van der Waals surface area contributed by atoms with Crippen molar-refractivity contribution in [1.82, 2.24) is 5.32 Å². The van der Waals surface area contributed by atoms with Gasteiger partial charge in [0.15, 0.2) is 11.5 Å². The number of carbonyl (C=O) groups excluding carboxylic acids is 2. The van der Waals surface area contributed by atoms with Crippen LogP contribution < -0.4 is 5.32 Å². The highest BCUT2D eigenvalue weighted by Gasteiger charge is 2.42. The van der Waals surface area contributed by atoms with Crippen molar-refractivity contribution in [3.05, 3.63) is 41.5 Å². The number of hydrogen-bond acceptors (Lipinski definition) is 3. The maximum Gasteiger partial charge on any atom is 0.257 e. The summed E-state index contributed by atoms with van der Waals surface area (Å²) >= 11 is 0. The lowest BCUT2D eigenvalue weighted by Crippen LogP contribution is -2.40. The van der Waals surface area contributed by atoms with Crippen molar-refractivity contribution in [3.8, 4) is 0 Å². The lowest BCUT2D eigenvalue weighted by molar-refractivity contribution is -0.122. The Kier molecular flexibility index (Phi) is 2.59. The Morgan fingerprint density at radius 1 is 1.29 bits per heavy atom. The van der Waals surface area contributed by atoms with Crippen LogP contribution >= 0.6 is 0 Å². The molecule has 1 amide bonds. The molecule has 0 spiro atoms. The van der Waals surface area contributed by atoms with Gasteiger partial charge in [0.25, 0.3) is 5.91 Å². The Bertz CT molecular complexity index is 515. The van der Waals surface area contributed by atoms with Gasteiger partial charge in [-0.25, -0.2) is 0 Å². The molecule has 1 atom stereocenters. The number of amides is 1. The van der Waals surface area contributed by atoms with Gasteiger partial charge in [-0.15, -0.1) is 0 Å². The summed E-state index contributed by atoms with van der Waals surface area (Å²) in [5, 5.41) is 12.6. The molecule has 17 heavy (non-hydrogen) atoms. The van der Waals surface area contributed by atoms with Crippen molar-refractivity contribution in [2.24, 2.45) is 0 Å². The van der Waals surface area contributed by atoms with E-state index in [2.05, 4.69) is 5.32 Å². The van der Waals surface area contributed by atoms with Crippen LogP contribution in [0.15, 0.2) is 35.9 Å². The maximum atomic E-state index is 11.7. The van der Waals surface area contributed by atoms with E-state index in [9.17, 15) is 14.7 Å². The largest absolute Gasteiger partial charge is 0.367 e. The molecule has 0 aromatic heterocycles. The molecule has 0 saturated carbocycles. The third kappa shape index (κ3) is 1.87. The first-order chi connectivity index (χ1) is 7.93. The van der Waals surface area contributed by atoms with E-state index in [1.165, 1.54) is 13.8 Å². The summed E-state index contributed by atoms with van der Waals surface area (Å²) in [6.45, 7) is 2.78. The summed E-state index contributed by atoms with van der Waals surface area (Å²) < 4.78 is 0. The maximum absolute atomic E-state index is 11.7. The first-order valence-corrected chi connectivity index (χ1v) is 5.29. The van der Waals surface area contributed by atoms with Crippen molar-refractivity contribution in [2.45, 2.75) is 19.6 Å². The van der Waals surface area contributed by atoms with Crippen LogP contribution in [0.4, 0.5) is 0 Å². The van der Waals surface area contributed by atoms with E-state index in [-0.39, 0.29) is 11.4 Å². The highest BCUT2D eigenvalue weighted by molar-refractivity contribution is 6.27. The number of Topliss-reactive ketones (excluding diaryl/α,β-unsaturated/α-hetero) is 1. The van der Waals surface area contributed by atoms with Crippen LogP contribution in [-0.4, -0.2) is 22.5 Å². The topological polar surface area (TPSA) is 66.4 Å². The summed E-state index contributed by atoms with van der Waals surface area (Å²) in [6, 6.07) is 8.92. The standard InChI is InChI=1S/C13H13NO3/c1-8(15)10-11(9-6-4-3-5-7-9)13(2,17)14-12(10)16/h3-7,17H,1-2H3,(H,14,16)/t13-/m0/s1. The minimum absolute atomic E-state index is 0.0289. The second-order valence-electron chi connectivity index (χ2n) is 4.20. The molecule has 4 heteroatoms. The highest BCUT2D eigenvalue weighted by Crippen LogP contribution is 2.33. The number of hydrogen-bond donors (Lipinski definition) is 2. The Morgan fingerprint density at radius 3 is 2.41 bits per heavy atom. The molecule has 1 aliphatic rings. The van der Waals surface area contributed by atoms with Crippen LogP contribution in [-0.2, 0) is 9.59 Å². The molecule has 0 aliphatic carbocycles. The minimum Gasteiger partial charge on any atom is -0.367 e. The number of aliphatic hydroxyl groups is 1. The normalized spacial score (nSPS) is 23.8. The molecule has 0 bridgehead atoms. The molecule has 0 unspecified atom stereocenters. The minimum atomic E-state index is -1.50. The zero-order chi connectivity index (χ0) is 12.6. The number of nitrogens with one attached hydrogen (secondary N) is 1. The molecule has 1 heterocycles. The van der Waals surface area contributed by atoms with Crippen LogP contribution in [0, 0.1) is 0 Å². The van der Waals surface area contributed by atoms with E-state index in [1.54, 1.807) is 24.3 Å². The van der Waals surface area contributed by atoms with Crippen LogP contribution in [0.5, 0.6) is 0 Å². The number of rotatable bonds is 2. The molecule has 0 saturated heterocycles. The highest BCUT2D eigenvalue weighted by atomic mass is 16.3. The molecule has 88 valence electrons. The first kappa shape index (κ1) is 11.5. The van der Waals surface area contributed by atoms with Crippen molar-refractivity contribution in [3.63, 3.8) is 0 Å². The van der Waals surface area contributed by atoms with Crippen LogP contribution in [0.3, 0.4) is 0 Å². The molecular formula is C13H13NO3. The quantitative estimate of drug-likeness (QED) is 0.742. The van der Waals surface area contributed by atoms with Crippen molar-refractivity contribution >= 4 is 17.3 Å². The van der Waals surface area contributed by atoms with Gasteiger partial charge in [0, 0.05) is 5.57 Å². The first-order valence-electron chi connectivity index (χ1n) is 5.29. The SMILES string of the molecule is CC(=O)C1=C(c2ccccc2)[C@](C)(O)NC1=O. The summed E-state index contributed by atoms with van der Waals surface area (Å²) in [6.07, 6.45) is 0. The summed E-state index contributed by atoms with van der Waals surface area (Å²) in [4.78, 5) is 23.2. The Labute approximate surface area is 99.0 Å². The van der Waals surface area contributed by atoms with Gasteiger partial charge in [-0.2, -0.15) is 0 Å². The van der Waals surface area contributed by atoms with Crippen molar-refractivity contribution in [2.75, 3.05) is 0 Å². The fourth-order valence-electron chi connectivity index (χ4n) is 2.07. The molecular weight excluding hydrogens is 218 g/mol. The van der Waals surface area contributed by atoms with Crippen LogP contribution in [0.1, 0.15) is 19.4 Å². The second kappa shape index (κ2) is 3.82. The Morgan fingerprint density at radius 2 is 1.88 bits per heavy atom. The van der Waals surface area contributed by atoms with Gasteiger partial charge in [0.1, 0.15) is 0 Å². The molecule has 2 rings (SSSR count). The summed E-state index contributed by atoms with van der Waals surface area (Å²) in [7, 11) is 0. The average molecular weight is 231 g/mol. The van der Waals surface area contributed by atoms with Gasteiger partial charge in [0.05, 0.1) is 5.57 Å². The monoisotopic (exact) mass is 231 g/mol. The lowest BCUT2D eigenvalue weighted by atomic mass is 9.93. The molecule has 0 fully saturated rings. The number of ketones is 1. The zero-order valence-electron chi connectivity index (χ0n) is 9.65.